The van der Waals surface area contributed by atoms with Crippen LogP contribution in [-0.4, -0.2) is 16.3 Å². The molecule has 2 heterocycles. The lowest BCUT2D eigenvalue weighted by atomic mass is 9.99. The second-order valence-electron chi connectivity index (χ2n) is 6.81. The molecule has 9 heteroatoms. The van der Waals surface area contributed by atoms with Gasteiger partial charge in [0, 0.05) is 22.5 Å². The summed E-state index contributed by atoms with van der Waals surface area (Å²) in [5.74, 6) is 0. The van der Waals surface area contributed by atoms with E-state index in [0.29, 0.717) is 14.8 Å². The number of benzene rings is 2. The average molecular weight is 464 g/mol. The first kappa shape index (κ1) is 21.6. The van der Waals surface area contributed by atoms with Gasteiger partial charge < -0.3 is 9.52 Å². The third-order valence-corrected chi connectivity index (χ3v) is 7.09. The molecule has 4 nitrogen and oxygen atoms in total. The molecule has 0 spiro atoms. The molecule has 2 aromatic carbocycles. The first-order valence-corrected chi connectivity index (χ1v) is 10.9. The normalized spacial score (nSPS) is 14.0. The van der Waals surface area contributed by atoms with E-state index in [1.807, 2.05) is 30.3 Å². The third-order valence-electron chi connectivity index (χ3n) is 4.88. The molecule has 0 radical (unpaired) electrons. The van der Waals surface area contributed by atoms with E-state index in [9.17, 15) is 23.1 Å². The predicted molar refractivity (Wildman–Crippen MR) is 114 cm³/mol. The lowest BCUT2D eigenvalue weighted by Crippen LogP contribution is -2.40. The maximum atomic E-state index is 13.3. The lowest BCUT2D eigenvalue weighted by Gasteiger charge is -2.27. The van der Waals surface area contributed by atoms with Gasteiger partial charge in [-0.15, -0.1) is 11.3 Å². The van der Waals surface area contributed by atoms with Crippen molar-refractivity contribution in [3.8, 4) is 11.1 Å². The highest BCUT2D eigenvalue weighted by atomic mass is 32.2. The minimum Gasteiger partial charge on any atom is -0.423 e. The van der Waals surface area contributed by atoms with Crippen molar-refractivity contribution < 1.29 is 22.7 Å². The Kier molecular flexibility index (Phi) is 5.67. The number of aromatic nitrogens is 1. The fraction of sp³-hybridized carbons (Fsp3) is 0.182. The Labute approximate surface area is 183 Å². The summed E-state index contributed by atoms with van der Waals surface area (Å²) >= 11 is 1.92. The highest BCUT2D eigenvalue weighted by molar-refractivity contribution is 8.01. The predicted octanol–water partition coefficient (Wildman–Crippen LogP) is 6.23. The van der Waals surface area contributed by atoms with Crippen LogP contribution in [0.15, 0.2) is 79.2 Å². The number of aliphatic hydroxyl groups is 1. The van der Waals surface area contributed by atoms with Gasteiger partial charge in [0.25, 0.3) is 0 Å². The van der Waals surface area contributed by atoms with Crippen LogP contribution in [0.25, 0.3) is 22.1 Å². The van der Waals surface area contributed by atoms with Gasteiger partial charge in [-0.2, -0.15) is 13.2 Å². The topological polar surface area (TPSA) is 63.3 Å². The minimum absolute atomic E-state index is 0.260. The van der Waals surface area contributed by atoms with Gasteiger partial charge in [0.2, 0.25) is 0 Å². The zero-order chi connectivity index (χ0) is 22.2. The monoisotopic (exact) mass is 463 g/mol. The summed E-state index contributed by atoms with van der Waals surface area (Å²) in [6.07, 6.45) is -4.25. The summed E-state index contributed by atoms with van der Waals surface area (Å²) in [6, 6.07) is 16.1. The molecular formula is C22H16F3NO3S2. The van der Waals surface area contributed by atoms with E-state index in [1.54, 1.807) is 18.2 Å². The molecule has 4 rings (SSSR count). The zero-order valence-corrected chi connectivity index (χ0v) is 17.8. The first-order chi connectivity index (χ1) is 14.7. The number of hydrogen-bond acceptors (Lipinski definition) is 6. The van der Waals surface area contributed by atoms with Crippen LogP contribution in [0.3, 0.4) is 0 Å². The molecule has 1 N–H and O–H groups in total. The van der Waals surface area contributed by atoms with Gasteiger partial charge >= 0.3 is 11.8 Å². The first-order valence-electron chi connectivity index (χ1n) is 9.28. The molecule has 0 aliphatic carbocycles. The smallest absolute Gasteiger partial charge is 0.422 e. The standard InChI is InChI=1S/C22H16F3NO3S2/c1-2-21(28,22(23,24)25)18-12-26-20(31-18)30-14-8-9-15-16(13-6-4-3-5-7-13)11-19(27)29-17(15)10-14/h3-12,28H,2H2,1H3/t21-/m1/s1. The molecule has 1 atom stereocenters. The summed E-state index contributed by atoms with van der Waals surface area (Å²) < 4.78 is 45.6. The van der Waals surface area contributed by atoms with Crippen molar-refractivity contribution in [1.82, 2.24) is 4.98 Å². The van der Waals surface area contributed by atoms with Crippen molar-refractivity contribution in [3.05, 3.63) is 76.1 Å². The van der Waals surface area contributed by atoms with Crippen LogP contribution < -0.4 is 5.63 Å². The number of thiazole rings is 1. The van der Waals surface area contributed by atoms with Gasteiger partial charge in [-0.25, -0.2) is 9.78 Å². The van der Waals surface area contributed by atoms with E-state index >= 15 is 0 Å². The minimum atomic E-state index is -4.80. The molecule has 0 aliphatic rings. The van der Waals surface area contributed by atoms with E-state index in [4.69, 9.17) is 4.42 Å². The Morgan fingerprint density at radius 1 is 1.13 bits per heavy atom. The fourth-order valence-corrected chi connectivity index (χ4v) is 5.34. The summed E-state index contributed by atoms with van der Waals surface area (Å²) in [5, 5.41) is 10.8. The molecule has 0 saturated carbocycles. The van der Waals surface area contributed by atoms with E-state index in [1.165, 1.54) is 13.0 Å². The van der Waals surface area contributed by atoms with E-state index < -0.39 is 23.8 Å². The second-order valence-corrected chi connectivity index (χ2v) is 9.16. The highest BCUT2D eigenvalue weighted by Gasteiger charge is 2.54. The zero-order valence-electron chi connectivity index (χ0n) is 16.1. The Morgan fingerprint density at radius 3 is 2.55 bits per heavy atom. The highest BCUT2D eigenvalue weighted by Crippen LogP contribution is 2.45. The average Bonchev–Trinajstić information content (AvgIpc) is 3.21. The number of fused-ring (bicyclic) bond motifs is 1. The van der Waals surface area contributed by atoms with Crippen LogP contribution in [0.5, 0.6) is 0 Å². The molecule has 0 saturated heterocycles. The van der Waals surface area contributed by atoms with Crippen molar-refractivity contribution >= 4 is 34.1 Å². The molecule has 0 bridgehead atoms. The molecular weight excluding hydrogens is 447 g/mol. The van der Waals surface area contributed by atoms with Crippen molar-refractivity contribution in [2.24, 2.45) is 0 Å². The number of rotatable bonds is 5. The fourth-order valence-electron chi connectivity index (χ4n) is 3.17. The van der Waals surface area contributed by atoms with Crippen molar-refractivity contribution in [2.45, 2.75) is 34.4 Å². The number of hydrogen-bond donors (Lipinski definition) is 1. The summed E-state index contributed by atoms with van der Waals surface area (Å²) in [5.41, 5.74) is -1.45. The molecule has 0 amide bonds. The van der Waals surface area contributed by atoms with Gasteiger partial charge in [0.05, 0.1) is 4.88 Å². The SMILES string of the molecule is CC[C@@](O)(c1cnc(Sc2ccc3c(-c4ccccc4)cc(=O)oc3c2)s1)C(F)(F)F. The quantitative estimate of drug-likeness (QED) is 0.356. The van der Waals surface area contributed by atoms with E-state index in [0.717, 1.165) is 45.8 Å². The van der Waals surface area contributed by atoms with E-state index in [-0.39, 0.29) is 4.88 Å². The molecule has 31 heavy (non-hydrogen) atoms. The van der Waals surface area contributed by atoms with Crippen LogP contribution >= 0.6 is 23.1 Å². The number of alkyl halides is 3. The van der Waals surface area contributed by atoms with E-state index in [2.05, 4.69) is 4.98 Å². The van der Waals surface area contributed by atoms with Gasteiger partial charge in [-0.3, -0.25) is 0 Å². The molecule has 4 aromatic rings. The molecule has 160 valence electrons. The Balaban J connectivity index is 1.68. The number of halogens is 3. The Bertz CT molecular complexity index is 1280. The van der Waals surface area contributed by atoms with Gasteiger partial charge in [-0.05, 0) is 35.7 Å². The summed E-state index contributed by atoms with van der Waals surface area (Å²) in [7, 11) is 0. The molecule has 0 aliphatic heterocycles. The Hall–Kier alpha value is -2.62. The van der Waals surface area contributed by atoms with Crippen molar-refractivity contribution in [1.29, 1.82) is 0 Å². The second kappa shape index (κ2) is 8.14. The molecule has 0 fully saturated rings. The molecule has 2 aromatic heterocycles. The van der Waals surface area contributed by atoms with Crippen molar-refractivity contribution in [2.75, 3.05) is 0 Å². The largest absolute Gasteiger partial charge is 0.423 e. The lowest BCUT2D eigenvalue weighted by molar-refractivity contribution is -0.266. The van der Waals surface area contributed by atoms with Crippen LogP contribution in [0.4, 0.5) is 13.2 Å². The maximum Gasteiger partial charge on any atom is 0.422 e. The summed E-state index contributed by atoms with van der Waals surface area (Å²) in [6.45, 7) is 1.27. The maximum absolute atomic E-state index is 13.3. The Morgan fingerprint density at radius 2 is 1.87 bits per heavy atom. The van der Waals surface area contributed by atoms with Crippen LogP contribution in [0.1, 0.15) is 18.2 Å². The van der Waals surface area contributed by atoms with Gasteiger partial charge in [-0.1, -0.05) is 49.0 Å². The van der Waals surface area contributed by atoms with Crippen LogP contribution in [0.2, 0.25) is 0 Å². The van der Waals surface area contributed by atoms with Gasteiger partial charge in [0.1, 0.15) is 5.58 Å². The van der Waals surface area contributed by atoms with Crippen molar-refractivity contribution in [3.63, 3.8) is 0 Å². The molecule has 0 unspecified atom stereocenters. The summed E-state index contributed by atoms with van der Waals surface area (Å²) in [4.78, 5) is 16.5. The van der Waals surface area contributed by atoms with Gasteiger partial charge in [0.15, 0.2) is 9.94 Å². The number of nitrogens with zero attached hydrogens (tertiary/aromatic N) is 1. The third kappa shape index (κ3) is 4.13. The van der Waals surface area contributed by atoms with Crippen LogP contribution in [0, 0.1) is 0 Å². The van der Waals surface area contributed by atoms with Crippen LogP contribution in [-0.2, 0) is 5.60 Å².